The minimum atomic E-state index is -0.130. The van der Waals surface area contributed by atoms with Gasteiger partial charge in [0.15, 0.2) is 0 Å². The molecule has 24 heavy (non-hydrogen) atoms. The number of fused-ring (bicyclic) bond motifs is 1. The first kappa shape index (κ1) is 15.0. The summed E-state index contributed by atoms with van der Waals surface area (Å²) in [7, 11) is 2.00. The molecule has 0 N–H and O–H groups in total. The molecule has 1 aliphatic rings. The fraction of sp³-hybridized carbons (Fsp3) is 0.0455. The second-order valence-corrected chi connectivity index (χ2v) is 7.46. The fourth-order valence-corrected chi connectivity index (χ4v) is 4.47. The molecule has 118 valence electrons. The summed E-state index contributed by atoms with van der Waals surface area (Å²) in [6.07, 6.45) is 2.24. The quantitative estimate of drug-likeness (QED) is 0.538. The average molecular weight is 329 g/mol. The van der Waals surface area contributed by atoms with E-state index in [0.29, 0.717) is 0 Å². The maximum Gasteiger partial charge on any atom is 0.0735 e. The predicted octanol–water partition coefficient (Wildman–Crippen LogP) is 5.78. The summed E-state index contributed by atoms with van der Waals surface area (Å²) in [5.41, 5.74) is 3.70. The van der Waals surface area contributed by atoms with E-state index < -0.39 is 0 Å². The Bertz CT molecular complexity index is 983. The van der Waals surface area contributed by atoms with Crippen LogP contribution in [0.1, 0.15) is 11.1 Å². The van der Waals surface area contributed by atoms with Crippen LogP contribution in [0, 0.1) is 0 Å². The van der Waals surface area contributed by atoms with E-state index in [1.54, 1.807) is 0 Å². The third-order valence-corrected chi connectivity index (χ3v) is 5.79. The normalized spacial score (nSPS) is 19.0. The molecule has 1 atom stereocenters. The molecule has 0 aliphatic carbocycles. The summed E-state index contributed by atoms with van der Waals surface area (Å²) >= 11 is 0. The van der Waals surface area contributed by atoms with Gasteiger partial charge in [0.2, 0.25) is 0 Å². The van der Waals surface area contributed by atoms with Crippen LogP contribution in [-0.2, 0) is 0 Å². The van der Waals surface area contributed by atoms with Gasteiger partial charge in [0.05, 0.1) is 10.7 Å². The van der Waals surface area contributed by atoms with E-state index in [1.807, 2.05) is 6.07 Å². The minimum Gasteiger partial charge on any atom is -0.339 e. The summed E-state index contributed by atoms with van der Waals surface area (Å²) in [4.78, 5) is 2.27. The summed E-state index contributed by atoms with van der Waals surface area (Å²) in [5, 5.41) is 6.08. The molecule has 0 saturated carbocycles. The van der Waals surface area contributed by atoms with Crippen LogP contribution < -0.4 is 0 Å². The van der Waals surface area contributed by atoms with Crippen LogP contribution in [0.25, 0.3) is 22.5 Å². The van der Waals surface area contributed by atoms with Gasteiger partial charge in [-0.3, -0.25) is 0 Å². The van der Waals surface area contributed by atoms with E-state index in [4.69, 9.17) is 0 Å². The lowest BCUT2D eigenvalue weighted by atomic mass is 10.1. The molecule has 0 fully saturated rings. The third kappa shape index (κ3) is 2.70. The Balaban J connectivity index is 1.72. The molecule has 0 radical (unpaired) electrons. The topological polar surface area (TPSA) is 3.24 Å². The zero-order valence-electron chi connectivity index (χ0n) is 13.6. The molecule has 1 nitrogen and oxygen atoms in total. The number of rotatable bonds is 2. The number of hydrogen-bond donors (Lipinski definition) is 0. The van der Waals surface area contributed by atoms with E-state index in [-0.39, 0.29) is 10.5 Å². The smallest absolute Gasteiger partial charge is 0.0735 e. The summed E-state index contributed by atoms with van der Waals surface area (Å²) in [5.74, 6) is 4.35. The van der Waals surface area contributed by atoms with Gasteiger partial charge in [-0.15, -0.1) is 10.5 Å². The zero-order chi connectivity index (χ0) is 16.5. The number of hydrogen-bond acceptors (Lipinski definition) is 1. The molecule has 3 aromatic rings. The van der Waals surface area contributed by atoms with Crippen molar-refractivity contribution in [2.24, 2.45) is 0 Å². The second kappa shape index (κ2) is 6.14. The SMILES string of the molecule is C=S1C=C(c2ccc3ccccc3c2)N(C)C1=Cc1ccccc1. The monoisotopic (exact) mass is 329 g/mol. The van der Waals surface area contributed by atoms with Crippen molar-refractivity contribution in [3.05, 3.63) is 94.4 Å². The molecule has 0 amide bonds. The van der Waals surface area contributed by atoms with Crippen LogP contribution in [0.2, 0.25) is 0 Å². The van der Waals surface area contributed by atoms with Crippen molar-refractivity contribution in [3.63, 3.8) is 0 Å². The molecule has 0 spiro atoms. The highest BCUT2D eigenvalue weighted by Crippen LogP contribution is 2.43. The highest BCUT2D eigenvalue weighted by Gasteiger charge is 2.20. The first-order valence-corrected chi connectivity index (χ1v) is 9.42. The van der Waals surface area contributed by atoms with Crippen LogP contribution in [0.4, 0.5) is 0 Å². The summed E-state index contributed by atoms with van der Waals surface area (Å²) in [6, 6.07) is 25.6. The van der Waals surface area contributed by atoms with Crippen LogP contribution in [0.3, 0.4) is 0 Å². The maximum atomic E-state index is 4.35. The standard InChI is InChI=1S/C22H19NS/c1-23-21(20-13-12-18-10-6-7-11-19(18)15-20)16-24(2)22(23)14-17-8-4-3-5-9-17/h3-16H,2H2,1H3. The minimum absolute atomic E-state index is 0.130. The van der Waals surface area contributed by atoms with Crippen LogP contribution in [-0.4, -0.2) is 17.8 Å². The molecular formula is C22H19NS. The van der Waals surface area contributed by atoms with Crippen molar-refractivity contribution in [3.8, 4) is 0 Å². The first-order chi connectivity index (χ1) is 11.7. The number of nitrogens with zero attached hydrogens (tertiary/aromatic N) is 1. The molecular weight excluding hydrogens is 310 g/mol. The Labute approximate surface area is 145 Å². The molecule has 2 heteroatoms. The van der Waals surface area contributed by atoms with Crippen molar-refractivity contribution in [1.29, 1.82) is 0 Å². The molecule has 1 heterocycles. The number of benzene rings is 3. The van der Waals surface area contributed by atoms with Gasteiger partial charge in [0.25, 0.3) is 0 Å². The van der Waals surface area contributed by atoms with E-state index >= 15 is 0 Å². The fourth-order valence-electron chi connectivity index (χ4n) is 3.04. The van der Waals surface area contributed by atoms with Crippen molar-refractivity contribution in [1.82, 2.24) is 4.90 Å². The molecule has 0 aromatic heterocycles. The highest BCUT2D eigenvalue weighted by molar-refractivity contribution is 8.20. The van der Waals surface area contributed by atoms with Gasteiger partial charge in [-0.05, 0) is 39.4 Å². The molecule has 1 aliphatic heterocycles. The lowest BCUT2D eigenvalue weighted by Crippen LogP contribution is -2.10. The molecule has 4 rings (SSSR count). The Morgan fingerprint density at radius 2 is 1.58 bits per heavy atom. The molecule has 0 bridgehead atoms. The van der Waals surface area contributed by atoms with Crippen LogP contribution in [0.15, 0.2) is 83.2 Å². The lowest BCUT2D eigenvalue weighted by molar-refractivity contribution is 0.652. The van der Waals surface area contributed by atoms with E-state index in [1.165, 1.54) is 32.6 Å². The molecule has 1 unspecified atom stereocenters. The average Bonchev–Trinajstić information content (AvgIpc) is 2.90. The van der Waals surface area contributed by atoms with Gasteiger partial charge in [0, 0.05) is 7.05 Å². The van der Waals surface area contributed by atoms with E-state index in [9.17, 15) is 0 Å². The van der Waals surface area contributed by atoms with Gasteiger partial charge >= 0.3 is 0 Å². The van der Waals surface area contributed by atoms with Crippen molar-refractivity contribution < 1.29 is 0 Å². The highest BCUT2D eigenvalue weighted by atomic mass is 32.2. The summed E-state index contributed by atoms with van der Waals surface area (Å²) < 4.78 is 0. The Hall–Kier alpha value is -2.58. The van der Waals surface area contributed by atoms with Crippen LogP contribution in [0.5, 0.6) is 0 Å². The van der Waals surface area contributed by atoms with Gasteiger partial charge in [-0.2, -0.15) is 0 Å². The van der Waals surface area contributed by atoms with Gasteiger partial charge in [0.1, 0.15) is 0 Å². The van der Waals surface area contributed by atoms with Crippen molar-refractivity contribution in [2.45, 2.75) is 0 Å². The Morgan fingerprint density at radius 1 is 0.875 bits per heavy atom. The van der Waals surface area contributed by atoms with E-state index in [2.05, 4.69) is 96.0 Å². The maximum absolute atomic E-state index is 4.35. The molecule has 3 aromatic carbocycles. The second-order valence-electron chi connectivity index (χ2n) is 5.95. The first-order valence-electron chi connectivity index (χ1n) is 7.97. The van der Waals surface area contributed by atoms with E-state index in [0.717, 1.165) is 0 Å². The van der Waals surface area contributed by atoms with Gasteiger partial charge < -0.3 is 4.90 Å². The largest absolute Gasteiger partial charge is 0.339 e. The van der Waals surface area contributed by atoms with Crippen molar-refractivity contribution >= 4 is 38.9 Å². The van der Waals surface area contributed by atoms with Gasteiger partial charge in [-0.25, -0.2) is 0 Å². The Morgan fingerprint density at radius 3 is 2.38 bits per heavy atom. The predicted molar refractivity (Wildman–Crippen MR) is 109 cm³/mol. The van der Waals surface area contributed by atoms with Gasteiger partial charge in [-0.1, -0.05) is 72.6 Å². The summed E-state index contributed by atoms with van der Waals surface area (Å²) in [6.45, 7) is 0. The third-order valence-electron chi connectivity index (χ3n) is 4.35. The lowest BCUT2D eigenvalue weighted by Gasteiger charge is -2.19. The zero-order valence-corrected chi connectivity index (χ0v) is 14.5. The van der Waals surface area contributed by atoms with Crippen LogP contribution >= 0.6 is 10.5 Å². The van der Waals surface area contributed by atoms with Crippen molar-refractivity contribution in [2.75, 3.05) is 7.05 Å². The Kier molecular flexibility index (Phi) is 3.83. The molecule has 0 saturated heterocycles.